The van der Waals surface area contributed by atoms with Crippen molar-refractivity contribution >= 4 is 12.1 Å². The summed E-state index contributed by atoms with van der Waals surface area (Å²) < 4.78 is 4.98. The molecule has 1 N–H and O–H groups in total. The molecule has 6 nitrogen and oxygen atoms in total. The Labute approximate surface area is 98.8 Å². The Hall–Kier alpha value is -2.11. The van der Waals surface area contributed by atoms with Crippen LogP contribution in [0.1, 0.15) is 12.0 Å². The fraction of sp³-hybridized carbons (Fsp3) is 0.364. The number of nitrogens with zero attached hydrogens (tertiary/aromatic N) is 2. The average Bonchev–Trinajstić information content (AvgIpc) is 2.34. The second kappa shape index (κ2) is 6.47. The largest absolute Gasteiger partial charge is 0.481 e. The summed E-state index contributed by atoms with van der Waals surface area (Å²) in [5.74, 6) is -0.947. The van der Waals surface area contributed by atoms with Crippen molar-refractivity contribution in [2.45, 2.75) is 13.0 Å². The number of pyridine rings is 1. The van der Waals surface area contributed by atoms with Crippen molar-refractivity contribution in [2.75, 3.05) is 13.6 Å². The Kier molecular flexibility index (Phi) is 4.93. The molecule has 0 saturated heterocycles. The summed E-state index contributed by atoms with van der Waals surface area (Å²) in [6.07, 6.45) is 2.59. The molecular weight excluding hydrogens is 224 g/mol. The van der Waals surface area contributed by atoms with Crippen molar-refractivity contribution in [3.63, 3.8) is 0 Å². The number of hydrogen-bond acceptors (Lipinski definition) is 4. The van der Waals surface area contributed by atoms with Crippen LogP contribution in [-0.2, 0) is 16.1 Å². The first kappa shape index (κ1) is 13.0. The molecule has 0 aliphatic carbocycles. The molecule has 0 saturated carbocycles. The number of hydrogen-bond donors (Lipinski definition) is 1. The second-order valence-electron chi connectivity index (χ2n) is 3.48. The maximum Gasteiger partial charge on any atom is 0.409 e. The number of rotatable bonds is 5. The number of aliphatic carboxylic acids is 1. The number of amides is 1. The van der Waals surface area contributed by atoms with Gasteiger partial charge in [-0.1, -0.05) is 6.07 Å². The van der Waals surface area contributed by atoms with Crippen molar-refractivity contribution < 1.29 is 19.4 Å². The van der Waals surface area contributed by atoms with Gasteiger partial charge < -0.3 is 14.7 Å². The SMILES string of the molecule is CN(CCC(=O)O)C(=O)OCc1cccnc1. The minimum atomic E-state index is -0.947. The Morgan fingerprint density at radius 3 is 2.88 bits per heavy atom. The van der Waals surface area contributed by atoms with E-state index < -0.39 is 12.1 Å². The average molecular weight is 238 g/mol. The fourth-order valence-corrected chi connectivity index (χ4v) is 1.09. The number of ether oxygens (including phenoxy) is 1. The van der Waals surface area contributed by atoms with Gasteiger partial charge in [0, 0.05) is 31.5 Å². The third-order valence-corrected chi connectivity index (χ3v) is 2.06. The van der Waals surface area contributed by atoms with Crippen molar-refractivity contribution in [2.24, 2.45) is 0 Å². The Balaban J connectivity index is 2.32. The van der Waals surface area contributed by atoms with Gasteiger partial charge in [-0.05, 0) is 6.07 Å². The predicted molar refractivity (Wildman–Crippen MR) is 59.3 cm³/mol. The minimum Gasteiger partial charge on any atom is -0.481 e. The topological polar surface area (TPSA) is 79.7 Å². The number of carbonyl (C=O) groups is 2. The zero-order valence-corrected chi connectivity index (χ0v) is 9.50. The van der Waals surface area contributed by atoms with Crippen LogP contribution in [0.25, 0.3) is 0 Å². The van der Waals surface area contributed by atoms with E-state index in [1.165, 1.54) is 11.9 Å². The van der Waals surface area contributed by atoms with Gasteiger partial charge in [0.1, 0.15) is 6.61 Å². The van der Waals surface area contributed by atoms with Crippen molar-refractivity contribution in [1.29, 1.82) is 0 Å². The standard InChI is InChI=1S/C11H14N2O4/c1-13(6-4-10(14)15)11(16)17-8-9-3-2-5-12-7-9/h2-3,5,7H,4,6,8H2,1H3,(H,14,15). The highest BCUT2D eigenvalue weighted by molar-refractivity contribution is 5.70. The van der Waals surface area contributed by atoms with Crippen LogP contribution in [0.3, 0.4) is 0 Å². The highest BCUT2D eigenvalue weighted by Crippen LogP contribution is 2.01. The summed E-state index contributed by atoms with van der Waals surface area (Å²) in [5.41, 5.74) is 0.785. The lowest BCUT2D eigenvalue weighted by atomic mass is 10.3. The normalized spacial score (nSPS) is 9.71. The summed E-state index contributed by atoms with van der Waals surface area (Å²) in [5, 5.41) is 8.47. The van der Waals surface area contributed by atoms with Crippen LogP contribution in [0, 0.1) is 0 Å². The molecule has 1 rings (SSSR count). The molecule has 0 unspecified atom stereocenters. The van der Waals surface area contributed by atoms with E-state index in [9.17, 15) is 9.59 Å². The first-order valence-corrected chi connectivity index (χ1v) is 5.08. The molecule has 0 radical (unpaired) electrons. The maximum absolute atomic E-state index is 11.4. The van der Waals surface area contributed by atoms with Crippen LogP contribution in [0.4, 0.5) is 4.79 Å². The molecule has 0 atom stereocenters. The van der Waals surface area contributed by atoms with Crippen LogP contribution in [0.5, 0.6) is 0 Å². The molecule has 0 aliphatic heterocycles. The van der Waals surface area contributed by atoms with E-state index in [4.69, 9.17) is 9.84 Å². The molecule has 6 heteroatoms. The zero-order valence-electron chi connectivity index (χ0n) is 9.50. The van der Waals surface area contributed by atoms with Gasteiger partial charge in [-0.2, -0.15) is 0 Å². The Morgan fingerprint density at radius 1 is 1.53 bits per heavy atom. The van der Waals surface area contributed by atoms with E-state index in [1.54, 1.807) is 24.5 Å². The van der Waals surface area contributed by atoms with Crippen molar-refractivity contribution in [3.05, 3.63) is 30.1 Å². The molecular formula is C11H14N2O4. The van der Waals surface area contributed by atoms with Gasteiger partial charge in [0.2, 0.25) is 0 Å². The van der Waals surface area contributed by atoms with Gasteiger partial charge in [0.25, 0.3) is 0 Å². The van der Waals surface area contributed by atoms with Crippen molar-refractivity contribution in [1.82, 2.24) is 9.88 Å². The van der Waals surface area contributed by atoms with Crippen LogP contribution in [0.2, 0.25) is 0 Å². The van der Waals surface area contributed by atoms with Crippen LogP contribution >= 0.6 is 0 Å². The van der Waals surface area contributed by atoms with Crippen LogP contribution in [-0.4, -0.2) is 40.6 Å². The molecule has 0 bridgehead atoms. The quantitative estimate of drug-likeness (QED) is 0.831. The lowest BCUT2D eigenvalue weighted by molar-refractivity contribution is -0.137. The minimum absolute atomic E-state index is 0.0987. The molecule has 0 spiro atoms. The first-order valence-electron chi connectivity index (χ1n) is 5.08. The predicted octanol–water partition coefficient (Wildman–Crippen LogP) is 1.12. The molecule has 17 heavy (non-hydrogen) atoms. The van der Waals surface area contributed by atoms with Gasteiger partial charge >= 0.3 is 12.1 Å². The molecule has 0 aromatic carbocycles. The molecule has 1 aromatic rings. The van der Waals surface area contributed by atoms with E-state index in [-0.39, 0.29) is 19.6 Å². The number of carboxylic acid groups (broad SMARTS) is 1. The van der Waals surface area contributed by atoms with E-state index in [2.05, 4.69) is 4.98 Å². The zero-order chi connectivity index (χ0) is 12.7. The maximum atomic E-state index is 11.4. The number of carboxylic acids is 1. The van der Waals surface area contributed by atoms with Gasteiger partial charge in [-0.3, -0.25) is 9.78 Å². The third kappa shape index (κ3) is 4.96. The highest BCUT2D eigenvalue weighted by Gasteiger charge is 2.11. The van der Waals surface area contributed by atoms with Gasteiger partial charge in [0.05, 0.1) is 6.42 Å². The summed E-state index contributed by atoms with van der Waals surface area (Å²) in [4.78, 5) is 26.8. The summed E-state index contributed by atoms with van der Waals surface area (Å²) >= 11 is 0. The van der Waals surface area contributed by atoms with Crippen LogP contribution < -0.4 is 0 Å². The van der Waals surface area contributed by atoms with E-state index in [0.29, 0.717) is 0 Å². The van der Waals surface area contributed by atoms with E-state index in [1.807, 2.05) is 0 Å². The smallest absolute Gasteiger partial charge is 0.409 e. The Bertz CT molecular complexity index is 380. The Morgan fingerprint density at radius 2 is 2.29 bits per heavy atom. The monoisotopic (exact) mass is 238 g/mol. The molecule has 0 fully saturated rings. The summed E-state index contributed by atoms with van der Waals surface area (Å²) in [6.45, 7) is 0.255. The van der Waals surface area contributed by atoms with Gasteiger partial charge in [-0.25, -0.2) is 4.79 Å². The fourth-order valence-electron chi connectivity index (χ4n) is 1.09. The van der Waals surface area contributed by atoms with Crippen molar-refractivity contribution in [3.8, 4) is 0 Å². The molecule has 92 valence electrons. The third-order valence-electron chi connectivity index (χ3n) is 2.06. The lowest BCUT2D eigenvalue weighted by Gasteiger charge is -2.15. The highest BCUT2D eigenvalue weighted by atomic mass is 16.6. The summed E-state index contributed by atoms with van der Waals surface area (Å²) in [6, 6.07) is 3.54. The number of aromatic nitrogens is 1. The summed E-state index contributed by atoms with van der Waals surface area (Å²) in [7, 11) is 1.49. The molecule has 0 aliphatic rings. The van der Waals surface area contributed by atoms with Gasteiger partial charge in [0.15, 0.2) is 0 Å². The second-order valence-corrected chi connectivity index (χ2v) is 3.48. The number of carbonyl (C=O) groups excluding carboxylic acids is 1. The molecule has 1 aromatic heterocycles. The first-order chi connectivity index (χ1) is 8.09. The van der Waals surface area contributed by atoms with E-state index >= 15 is 0 Å². The van der Waals surface area contributed by atoms with Gasteiger partial charge in [-0.15, -0.1) is 0 Å². The molecule has 1 heterocycles. The van der Waals surface area contributed by atoms with Crippen LogP contribution in [0.15, 0.2) is 24.5 Å². The van der Waals surface area contributed by atoms with E-state index in [0.717, 1.165) is 5.56 Å². The lowest BCUT2D eigenvalue weighted by Crippen LogP contribution is -2.29. The molecule has 1 amide bonds.